The Morgan fingerprint density at radius 2 is 2.00 bits per heavy atom. The van der Waals surface area contributed by atoms with Crippen LogP contribution in [0.3, 0.4) is 0 Å². The van der Waals surface area contributed by atoms with E-state index in [1.807, 2.05) is 0 Å². The van der Waals surface area contributed by atoms with Gasteiger partial charge in [0.25, 0.3) is 5.91 Å². The molecule has 0 saturated carbocycles. The number of hydrogen-bond acceptors (Lipinski definition) is 5. The van der Waals surface area contributed by atoms with Crippen molar-refractivity contribution in [3.05, 3.63) is 51.4 Å². The van der Waals surface area contributed by atoms with Crippen molar-refractivity contribution in [1.29, 1.82) is 0 Å². The molecule has 1 atom stereocenters. The molecule has 1 aliphatic rings. The number of halogens is 2. The summed E-state index contributed by atoms with van der Waals surface area (Å²) in [5.41, 5.74) is 0.125. The lowest BCUT2D eigenvalue weighted by Crippen LogP contribution is -2.18. The number of carbonyl (C=O) groups is 2. The van der Waals surface area contributed by atoms with Crippen molar-refractivity contribution < 1.29 is 27.8 Å². The van der Waals surface area contributed by atoms with E-state index in [4.69, 9.17) is 9.47 Å². The molecule has 8 heteroatoms. The molecule has 1 amide bonds. The van der Waals surface area contributed by atoms with Crippen LogP contribution in [0.25, 0.3) is 0 Å². The molecule has 0 aliphatic carbocycles. The highest BCUT2D eigenvalue weighted by atomic mass is 32.1. The van der Waals surface area contributed by atoms with Crippen molar-refractivity contribution in [2.75, 3.05) is 11.9 Å². The highest BCUT2D eigenvalue weighted by Gasteiger charge is 2.33. The average Bonchev–Trinajstić information content (AvgIpc) is 3.07. The van der Waals surface area contributed by atoms with Gasteiger partial charge in [-0.2, -0.15) is 0 Å². The second kappa shape index (κ2) is 6.89. The minimum Gasteiger partial charge on any atom is -0.462 e. The molecule has 1 N–H and O–H groups in total. The van der Waals surface area contributed by atoms with Crippen LogP contribution in [-0.2, 0) is 16.1 Å². The van der Waals surface area contributed by atoms with E-state index >= 15 is 0 Å². The molecule has 1 aromatic carbocycles. The van der Waals surface area contributed by atoms with Crippen LogP contribution in [0.5, 0.6) is 0 Å². The molecule has 1 aromatic heterocycles. The van der Waals surface area contributed by atoms with Gasteiger partial charge in [-0.1, -0.05) is 6.07 Å². The Labute approximate surface area is 146 Å². The van der Waals surface area contributed by atoms with Crippen molar-refractivity contribution in [3.63, 3.8) is 0 Å². The third-order valence-electron chi connectivity index (χ3n) is 3.79. The fraction of sp³-hybridized carbons (Fsp3) is 0.294. The maximum absolute atomic E-state index is 13.8. The average molecular weight is 367 g/mol. The first-order valence-electron chi connectivity index (χ1n) is 7.63. The molecule has 1 unspecified atom stereocenters. The third-order valence-corrected chi connectivity index (χ3v) is 4.88. The number of fused-ring (bicyclic) bond motifs is 1. The molecule has 3 rings (SSSR count). The van der Waals surface area contributed by atoms with Crippen LogP contribution in [0, 0.1) is 11.6 Å². The second-order valence-corrected chi connectivity index (χ2v) is 6.47. The Hall–Kier alpha value is -2.32. The number of ether oxygens (including phenoxy) is 2. The molecule has 2 heterocycles. The number of hydrogen-bond donors (Lipinski definition) is 1. The Morgan fingerprint density at radius 1 is 1.32 bits per heavy atom. The Bertz CT molecular complexity index is 829. The zero-order valence-electron chi connectivity index (χ0n) is 13.5. The van der Waals surface area contributed by atoms with Crippen LogP contribution in [0.1, 0.15) is 51.1 Å². The number of esters is 1. The van der Waals surface area contributed by atoms with Gasteiger partial charge in [-0.3, -0.25) is 4.79 Å². The van der Waals surface area contributed by atoms with Crippen LogP contribution in [0.4, 0.5) is 13.8 Å². The van der Waals surface area contributed by atoms with Crippen LogP contribution in [0.15, 0.2) is 18.2 Å². The van der Waals surface area contributed by atoms with Gasteiger partial charge < -0.3 is 14.8 Å². The van der Waals surface area contributed by atoms with Crippen molar-refractivity contribution in [2.45, 2.75) is 26.6 Å². The predicted molar refractivity (Wildman–Crippen MR) is 87.8 cm³/mol. The lowest BCUT2D eigenvalue weighted by atomic mass is 10.1. The molecule has 0 fully saturated rings. The molecule has 132 valence electrons. The van der Waals surface area contributed by atoms with E-state index < -0.39 is 29.1 Å². The predicted octanol–water partition coefficient (Wildman–Crippen LogP) is 4.05. The van der Waals surface area contributed by atoms with E-state index in [2.05, 4.69) is 5.32 Å². The zero-order valence-corrected chi connectivity index (χ0v) is 14.3. The number of carbonyl (C=O) groups excluding carboxylic acids is 2. The lowest BCUT2D eigenvalue weighted by molar-refractivity contribution is 0.0513. The summed E-state index contributed by atoms with van der Waals surface area (Å²) in [4.78, 5) is 25.4. The molecule has 2 aromatic rings. The van der Waals surface area contributed by atoms with E-state index in [0.29, 0.717) is 12.2 Å². The molecule has 0 bridgehead atoms. The first-order valence-corrected chi connectivity index (χ1v) is 8.45. The van der Waals surface area contributed by atoms with Crippen molar-refractivity contribution in [3.8, 4) is 0 Å². The van der Waals surface area contributed by atoms with Crippen molar-refractivity contribution in [1.82, 2.24) is 0 Å². The fourth-order valence-corrected chi connectivity index (χ4v) is 3.88. The molecular formula is C17H15F2NO4S. The summed E-state index contributed by atoms with van der Waals surface area (Å²) in [5.74, 6) is -3.52. The van der Waals surface area contributed by atoms with Crippen molar-refractivity contribution in [2.24, 2.45) is 0 Å². The van der Waals surface area contributed by atoms with Gasteiger partial charge in [0, 0.05) is 10.4 Å². The van der Waals surface area contributed by atoms with E-state index in [-0.39, 0.29) is 23.3 Å². The van der Waals surface area contributed by atoms with Crippen LogP contribution < -0.4 is 5.32 Å². The van der Waals surface area contributed by atoms with Gasteiger partial charge in [0.2, 0.25) is 0 Å². The third kappa shape index (κ3) is 3.14. The summed E-state index contributed by atoms with van der Waals surface area (Å²) in [6.07, 6.45) is -0.332. The Kier molecular flexibility index (Phi) is 4.82. The first kappa shape index (κ1) is 17.5. The largest absolute Gasteiger partial charge is 0.462 e. The summed E-state index contributed by atoms with van der Waals surface area (Å²) < 4.78 is 38.1. The maximum Gasteiger partial charge on any atom is 0.341 e. The van der Waals surface area contributed by atoms with Gasteiger partial charge in [-0.05, 0) is 26.0 Å². The standard InChI is InChI=1S/C17H15F2NO4S/c1-3-23-17(22)14-12-8(2)24-7-11(12)25-16(14)20-15(21)13-9(18)5-4-6-10(13)19/h4-6,8H,3,7H2,1-2H3,(H,20,21). The monoisotopic (exact) mass is 367 g/mol. The summed E-state index contributed by atoms with van der Waals surface area (Å²) in [6.45, 7) is 3.91. The topological polar surface area (TPSA) is 64.6 Å². The molecule has 1 aliphatic heterocycles. The molecule has 0 spiro atoms. The lowest BCUT2D eigenvalue weighted by Gasteiger charge is -2.11. The quantitative estimate of drug-likeness (QED) is 0.828. The summed E-state index contributed by atoms with van der Waals surface area (Å²) in [7, 11) is 0. The maximum atomic E-state index is 13.8. The van der Waals surface area contributed by atoms with Gasteiger partial charge in [-0.15, -0.1) is 11.3 Å². The van der Waals surface area contributed by atoms with Crippen LogP contribution in [0.2, 0.25) is 0 Å². The normalized spacial score (nSPS) is 15.8. The van der Waals surface area contributed by atoms with E-state index in [9.17, 15) is 18.4 Å². The molecule has 0 radical (unpaired) electrons. The molecular weight excluding hydrogens is 352 g/mol. The number of nitrogens with one attached hydrogen (secondary N) is 1. The summed E-state index contributed by atoms with van der Waals surface area (Å²) in [6, 6.07) is 3.16. The van der Waals surface area contributed by atoms with Gasteiger partial charge in [0.05, 0.1) is 19.3 Å². The minimum absolute atomic E-state index is 0.161. The van der Waals surface area contributed by atoms with Crippen molar-refractivity contribution >= 4 is 28.2 Å². The number of thiophene rings is 1. The van der Waals surface area contributed by atoms with E-state index in [1.54, 1.807) is 13.8 Å². The van der Waals surface area contributed by atoms with E-state index in [1.165, 1.54) is 6.07 Å². The van der Waals surface area contributed by atoms with Gasteiger partial charge in [0.15, 0.2) is 0 Å². The van der Waals surface area contributed by atoms with Crippen LogP contribution in [-0.4, -0.2) is 18.5 Å². The van der Waals surface area contributed by atoms with Gasteiger partial charge in [0.1, 0.15) is 27.8 Å². The van der Waals surface area contributed by atoms with Crippen LogP contribution >= 0.6 is 11.3 Å². The number of benzene rings is 1. The second-order valence-electron chi connectivity index (χ2n) is 5.37. The minimum atomic E-state index is -0.976. The Morgan fingerprint density at radius 3 is 2.64 bits per heavy atom. The fourth-order valence-electron chi connectivity index (χ4n) is 2.69. The van der Waals surface area contributed by atoms with Gasteiger partial charge >= 0.3 is 5.97 Å². The molecule has 5 nitrogen and oxygen atoms in total. The first-order chi connectivity index (χ1) is 11.9. The van der Waals surface area contributed by atoms with E-state index in [0.717, 1.165) is 28.3 Å². The smallest absolute Gasteiger partial charge is 0.341 e. The molecule has 0 saturated heterocycles. The number of anilines is 1. The summed E-state index contributed by atoms with van der Waals surface area (Å²) in [5, 5.41) is 2.64. The molecule has 25 heavy (non-hydrogen) atoms. The SMILES string of the molecule is CCOC(=O)c1c(NC(=O)c2c(F)cccc2F)sc2c1C(C)OC2. The van der Waals surface area contributed by atoms with Gasteiger partial charge in [-0.25, -0.2) is 13.6 Å². The zero-order chi connectivity index (χ0) is 18.1. The number of rotatable bonds is 4. The number of amides is 1. The highest BCUT2D eigenvalue weighted by molar-refractivity contribution is 7.17. The highest BCUT2D eigenvalue weighted by Crippen LogP contribution is 2.44. The summed E-state index contributed by atoms with van der Waals surface area (Å²) >= 11 is 1.14. The Balaban J connectivity index is 1.99.